The van der Waals surface area contributed by atoms with Crippen molar-refractivity contribution in [3.05, 3.63) is 17.2 Å². The van der Waals surface area contributed by atoms with Crippen LogP contribution in [0.3, 0.4) is 0 Å². The minimum absolute atomic E-state index is 0.000813. The predicted octanol–water partition coefficient (Wildman–Crippen LogP) is -1.06. The Labute approximate surface area is 107 Å². The molecule has 10 nitrogen and oxygen atoms in total. The van der Waals surface area contributed by atoms with Crippen molar-refractivity contribution in [1.29, 1.82) is 0 Å². The third-order valence-corrected chi connectivity index (χ3v) is 2.38. The van der Waals surface area contributed by atoms with E-state index in [0.29, 0.717) is 17.9 Å². The first-order valence-electron chi connectivity index (χ1n) is 5.42. The summed E-state index contributed by atoms with van der Waals surface area (Å²) in [4.78, 5) is 22.4. The van der Waals surface area contributed by atoms with E-state index in [2.05, 4.69) is 25.3 Å². The van der Waals surface area contributed by atoms with Gasteiger partial charge in [0.25, 0.3) is 0 Å². The van der Waals surface area contributed by atoms with Crippen molar-refractivity contribution in [2.45, 2.75) is 19.9 Å². The standard InChI is InChI=1S/C9H12N8O2/c1-2-4-6(7(18)19)15-16-17(4)3-5-12-8(10)14-9(11)13-5/h2-3H2,1H3,(H,18,19)(H4,10,11,12,13,14). The van der Waals surface area contributed by atoms with Crippen molar-refractivity contribution >= 4 is 17.9 Å². The fourth-order valence-electron chi connectivity index (χ4n) is 1.64. The monoisotopic (exact) mass is 264 g/mol. The van der Waals surface area contributed by atoms with Gasteiger partial charge in [-0.15, -0.1) is 5.10 Å². The molecule has 0 fully saturated rings. The summed E-state index contributed by atoms with van der Waals surface area (Å²) in [5.74, 6) is -0.836. The lowest BCUT2D eigenvalue weighted by molar-refractivity contribution is 0.0689. The molecule has 0 saturated heterocycles. The Bertz CT molecular complexity index is 602. The number of nitrogens with two attached hydrogens (primary N) is 2. The molecule has 100 valence electrons. The minimum atomic E-state index is -1.13. The molecule has 0 aromatic carbocycles. The van der Waals surface area contributed by atoms with Gasteiger partial charge in [-0.05, 0) is 6.42 Å². The zero-order valence-electron chi connectivity index (χ0n) is 10.1. The van der Waals surface area contributed by atoms with Gasteiger partial charge in [-0.2, -0.15) is 15.0 Å². The molecule has 2 aromatic rings. The molecule has 2 rings (SSSR count). The van der Waals surface area contributed by atoms with Gasteiger partial charge in [0.1, 0.15) is 6.54 Å². The maximum atomic E-state index is 11.0. The normalized spacial score (nSPS) is 10.6. The van der Waals surface area contributed by atoms with E-state index in [1.165, 1.54) is 4.68 Å². The Morgan fingerprint density at radius 2 is 1.89 bits per heavy atom. The fraction of sp³-hybridized carbons (Fsp3) is 0.333. The number of nitrogen functional groups attached to an aromatic ring is 2. The number of hydrogen-bond acceptors (Lipinski definition) is 8. The Kier molecular flexibility index (Phi) is 3.23. The molecule has 0 atom stereocenters. The van der Waals surface area contributed by atoms with Gasteiger partial charge >= 0.3 is 5.97 Å². The van der Waals surface area contributed by atoms with Gasteiger partial charge in [-0.25, -0.2) is 9.48 Å². The third-order valence-electron chi connectivity index (χ3n) is 2.38. The zero-order valence-corrected chi connectivity index (χ0v) is 10.1. The van der Waals surface area contributed by atoms with E-state index in [1.807, 2.05) is 0 Å². The van der Waals surface area contributed by atoms with Gasteiger partial charge < -0.3 is 16.6 Å². The van der Waals surface area contributed by atoms with Gasteiger partial charge in [-0.1, -0.05) is 12.1 Å². The minimum Gasteiger partial charge on any atom is -0.476 e. The van der Waals surface area contributed by atoms with Crippen LogP contribution in [0.1, 0.15) is 28.9 Å². The van der Waals surface area contributed by atoms with Crippen LogP contribution in [0.25, 0.3) is 0 Å². The molecule has 10 heteroatoms. The molecule has 19 heavy (non-hydrogen) atoms. The van der Waals surface area contributed by atoms with Gasteiger partial charge in [-0.3, -0.25) is 0 Å². The highest BCUT2D eigenvalue weighted by Crippen LogP contribution is 2.09. The van der Waals surface area contributed by atoms with E-state index in [-0.39, 0.29) is 24.1 Å². The Morgan fingerprint density at radius 3 is 2.42 bits per heavy atom. The first-order chi connectivity index (χ1) is 9.01. The lowest BCUT2D eigenvalue weighted by Gasteiger charge is -2.05. The highest BCUT2D eigenvalue weighted by atomic mass is 16.4. The third kappa shape index (κ3) is 2.56. The van der Waals surface area contributed by atoms with Crippen molar-refractivity contribution in [2.24, 2.45) is 0 Å². The van der Waals surface area contributed by atoms with Crippen LogP contribution in [-0.4, -0.2) is 41.0 Å². The molecule has 0 unspecified atom stereocenters. The average molecular weight is 264 g/mol. The van der Waals surface area contributed by atoms with E-state index in [4.69, 9.17) is 16.6 Å². The number of carboxylic acid groups (broad SMARTS) is 1. The van der Waals surface area contributed by atoms with E-state index in [0.717, 1.165) is 0 Å². The van der Waals surface area contributed by atoms with Crippen LogP contribution < -0.4 is 11.5 Å². The Morgan fingerprint density at radius 1 is 1.26 bits per heavy atom. The molecule has 0 radical (unpaired) electrons. The number of hydrogen-bond donors (Lipinski definition) is 3. The second-order valence-corrected chi connectivity index (χ2v) is 3.67. The number of carbonyl (C=O) groups is 1. The van der Waals surface area contributed by atoms with Gasteiger partial charge in [0, 0.05) is 0 Å². The zero-order chi connectivity index (χ0) is 14.0. The number of carboxylic acids is 1. The van der Waals surface area contributed by atoms with Crippen LogP contribution in [0.15, 0.2) is 0 Å². The Balaban J connectivity index is 2.35. The molecule has 0 aliphatic carbocycles. The lowest BCUT2D eigenvalue weighted by atomic mass is 10.2. The van der Waals surface area contributed by atoms with Gasteiger partial charge in [0.2, 0.25) is 11.9 Å². The predicted molar refractivity (Wildman–Crippen MR) is 64.1 cm³/mol. The van der Waals surface area contributed by atoms with E-state index in [1.54, 1.807) is 6.92 Å². The maximum Gasteiger partial charge on any atom is 0.358 e. The smallest absolute Gasteiger partial charge is 0.358 e. The van der Waals surface area contributed by atoms with Crippen LogP contribution in [0.2, 0.25) is 0 Å². The topological polar surface area (TPSA) is 159 Å². The number of anilines is 2. The molecule has 0 amide bonds. The van der Waals surface area contributed by atoms with Gasteiger partial charge in [0.15, 0.2) is 11.5 Å². The molecule has 0 saturated carbocycles. The first kappa shape index (κ1) is 12.7. The van der Waals surface area contributed by atoms with Crippen molar-refractivity contribution in [3.63, 3.8) is 0 Å². The fourth-order valence-corrected chi connectivity index (χ4v) is 1.64. The summed E-state index contributed by atoms with van der Waals surface area (Å²) in [7, 11) is 0. The summed E-state index contributed by atoms with van der Waals surface area (Å²) in [6.45, 7) is 1.93. The van der Waals surface area contributed by atoms with Crippen molar-refractivity contribution in [3.8, 4) is 0 Å². The van der Waals surface area contributed by atoms with Crippen LogP contribution in [0.5, 0.6) is 0 Å². The molecule has 0 aliphatic heterocycles. The van der Waals surface area contributed by atoms with Crippen LogP contribution in [0, 0.1) is 0 Å². The molecule has 0 bridgehead atoms. The summed E-state index contributed by atoms with van der Waals surface area (Å²) in [5, 5.41) is 16.3. The van der Waals surface area contributed by atoms with Crippen LogP contribution >= 0.6 is 0 Å². The largest absolute Gasteiger partial charge is 0.476 e. The average Bonchev–Trinajstić information content (AvgIpc) is 2.70. The molecule has 2 aromatic heterocycles. The molecule has 5 N–H and O–H groups in total. The van der Waals surface area contributed by atoms with E-state index < -0.39 is 5.97 Å². The highest BCUT2D eigenvalue weighted by Gasteiger charge is 2.18. The highest BCUT2D eigenvalue weighted by molar-refractivity contribution is 5.86. The first-order valence-corrected chi connectivity index (χ1v) is 5.42. The number of aromatic nitrogens is 6. The van der Waals surface area contributed by atoms with E-state index >= 15 is 0 Å². The van der Waals surface area contributed by atoms with Crippen LogP contribution in [0.4, 0.5) is 11.9 Å². The van der Waals surface area contributed by atoms with E-state index in [9.17, 15) is 4.79 Å². The van der Waals surface area contributed by atoms with Crippen LogP contribution in [-0.2, 0) is 13.0 Å². The summed E-state index contributed by atoms with van der Waals surface area (Å²) in [6.07, 6.45) is 0.463. The molecular formula is C9H12N8O2. The number of aromatic carboxylic acids is 1. The molecule has 0 aliphatic rings. The van der Waals surface area contributed by atoms with Gasteiger partial charge in [0.05, 0.1) is 5.69 Å². The summed E-state index contributed by atoms with van der Waals surface area (Å²) in [6, 6.07) is 0. The van der Waals surface area contributed by atoms with Crippen molar-refractivity contribution < 1.29 is 9.90 Å². The van der Waals surface area contributed by atoms with Crippen molar-refractivity contribution in [2.75, 3.05) is 11.5 Å². The number of nitrogens with zero attached hydrogens (tertiary/aromatic N) is 6. The summed E-state index contributed by atoms with van der Waals surface area (Å²) < 4.78 is 1.40. The quantitative estimate of drug-likeness (QED) is 0.625. The summed E-state index contributed by atoms with van der Waals surface area (Å²) in [5.41, 5.74) is 11.3. The summed E-state index contributed by atoms with van der Waals surface area (Å²) >= 11 is 0. The Hall–Kier alpha value is -2.78. The second-order valence-electron chi connectivity index (χ2n) is 3.67. The SMILES string of the molecule is CCc1c(C(=O)O)nnn1Cc1nc(N)nc(N)n1. The lowest BCUT2D eigenvalue weighted by Crippen LogP contribution is -2.13. The number of rotatable bonds is 4. The molecule has 2 heterocycles. The van der Waals surface area contributed by atoms with Crippen molar-refractivity contribution in [1.82, 2.24) is 29.9 Å². The maximum absolute atomic E-state index is 11.0. The second kappa shape index (κ2) is 4.84. The molecular weight excluding hydrogens is 252 g/mol. The molecule has 0 spiro atoms.